The van der Waals surface area contributed by atoms with Crippen LogP contribution in [0, 0.1) is 10.1 Å². The van der Waals surface area contributed by atoms with Gasteiger partial charge in [-0.05, 0) is 24.2 Å². The number of carboxylic acid groups (broad SMARTS) is 1. The van der Waals surface area contributed by atoms with Crippen LogP contribution in [0.15, 0.2) is 18.2 Å². The van der Waals surface area contributed by atoms with E-state index < -0.39 is 19.2 Å². The largest absolute Gasteiger partial charge is 0.478 e. The van der Waals surface area contributed by atoms with Crippen LogP contribution in [0.3, 0.4) is 0 Å². The number of nitro benzene ring substituents is 1. The maximum atomic E-state index is 11.2. The predicted molar refractivity (Wildman–Crippen MR) is 91.6 cm³/mol. The van der Waals surface area contributed by atoms with Crippen LogP contribution in [0.2, 0.25) is 18.1 Å². The fourth-order valence-electron chi connectivity index (χ4n) is 1.89. The zero-order valence-corrected chi connectivity index (χ0v) is 15.5. The molecule has 0 aliphatic heterocycles. The highest BCUT2D eigenvalue weighted by molar-refractivity contribution is 6.74. The van der Waals surface area contributed by atoms with Crippen molar-refractivity contribution in [3.05, 3.63) is 39.4 Å². The van der Waals surface area contributed by atoms with Gasteiger partial charge in [0.2, 0.25) is 0 Å². The Kier molecular flexibility index (Phi) is 5.71. The fourth-order valence-corrected chi connectivity index (χ4v) is 2.99. The number of hydrogen-bond acceptors (Lipinski definition) is 4. The average molecular weight is 339 g/mol. The van der Waals surface area contributed by atoms with Crippen molar-refractivity contribution in [1.29, 1.82) is 0 Å². The quantitative estimate of drug-likeness (QED) is 0.471. The highest BCUT2D eigenvalue weighted by Crippen LogP contribution is 2.38. The van der Waals surface area contributed by atoms with Gasteiger partial charge in [0.1, 0.15) is 0 Å². The summed E-state index contributed by atoms with van der Waals surface area (Å²) in [6, 6.07) is 4.02. The molecular weight excluding hydrogens is 314 g/mol. The van der Waals surface area contributed by atoms with Gasteiger partial charge in [-0.25, -0.2) is 4.79 Å². The maximum Gasteiger partial charge on any atom is 0.335 e. The van der Waals surface area contributed by atoms with Gasteiger partial charge >= 0.3 is 5.97 Å². The smallest absolute Gasteiger partial charge is 0.335 e. The van der Waals surface area contributed by atoms with Crippen molar-refractivity contribution in [2.24, 2.45) is 0 Å². The highest BCUT2D eigenvalue weighted by Gasteiger charge is 2.37. The van der Waals surface area contributed by atoms with Crippen molar-refractivity contribution in [3.63, 3.8) is 0 Å². The van der Waals surface area contributed by atoms with Crippen LogP contribution >= 0.6 is 0 Å². The van der Waals surface area contributed by atoms with E-state index >= 15 is 0 Å². The molecule has 0 bridgehead atoms. The molecule has 6 nitrogen and oxygen atoms in total. The molecule has 0 aliphatic carbocycles. The molecular formula is C16H25NO5Si. The van der Waals surface area contributed by atoms with E-state index in [9.17, 15) is 14.9 Å². The fraction of sp³-hybridized carbons (Fsp3) is 0.562. The molecule has 23 heavy (non-hydrogen) atoms. The Hall–Kier alpha value is -1.73. The van der Waals surface area contributed by atoms with E-state index in [1.165, 1.54) is 12.1 Å². The molecule has 0 aliphatic rings. The minimum Gasteiger partial charge on any atom is -0.478 e. The van der Waals surface area contributed by atoms with E-state index in [0.29, 0.717) is 12.2 Å². The van der Waals surface area contributed by atoms with Crippen LogP contribution in [0.1, 0.15) is 49.5 Å². The lowest BCUT2D eigenvalue weighted by Gasteiger charge is -2.37. The van der Waals surface area contributed by atoms with Crippen LogP contribution in [0.5, 0.6) is 0 Å². The molecule has 0 saturated heterocycles. The topological polar surface area (TPSA) is 89.7 Å². The summed E-state index contributed by atoms with van der Waals surface area (Å²) < 4.78 is 6.12. The SMILES string of the molecule is CC(CO[Si](C)(C)C(C)(C)C)c1ccc(C(=O)O)cc1[N+](=O)[O-]. The molecule has 1 unspecified atom stereocenters. The molecule has 128 valence electrons. The number of hydrogen-bond donors (Lipinski definition) is 1. The van der Waals surface area contributed by atoms with E-state index in [-0.39, 0.29) is 22.2 Å². The summed E-state index contributed by atoms with van der Waals surface area (Å²) in [7, 11) is -1.94. The molecule has 1 atom stereocenters. The van der Waals surface area contributed by atoms with Crippen LogP contribution < -0.4 is 0 Å². The number of carbonyl (C=O) groups is 1. The first-order chi connectivity index (χ1) is 10.4. The minimum absolute atomic E-state index is 0.0613. The Balaban J connectivity index is 3.02. The van der Waals surface area contributed by atoms with Crippen LogP contribution in [-0.4, -0.2) is 30.9 Å². The van der Waals surface area contributed by atoms with E-state index in [1.807, 2.05) is 6.92 Å². The summed E-state index contributed by atoms with van der Waals surface area (Å²) in [6.07, 6.45) is 0. The summed E-state index contributed by atoms with van der Waals surface area (Å²) >= 11 is 0. The van der Waals surface area contributed by atoms with Gasteiger partial charge in [-0.1, -0.05) is 33.8 Å². The number of aromatic carboxylic acids is 1. The Morgan fingerprint density at radius 2 is 1.96 bits per heavy atom. The normalized spacial score (nSPS) is 13.7. The summed E-state index contributed by atoms with van der Waals surface area (Å²) in [5.41, 5.74) is 0.243. The first-order valence-corrected chi connectivity index (χ1v) is 10.4. The third-order valence-corrected chi connectivity index (χ3v) is 9.01. The second-order valence-electron chi connectivity index (χ2n) is 7.31. The average Bonchev–Trinajstić information content (AvgIpc) is 2.42. The van der Waals surface area contributed by atoms with Crippen LogP contribution in [-0.2, 0) is 4.43 Å². The zero-order chi connectivity index (χ0) is 18.0. The summed E-state index contributed by atoms with van der Waals surface area (Å²) in [4.78, 5) is 21.7. The zero-order valence-electron chi connectivity index (χ0n) is 14.5. The Morgan fingerprint density at radius 1 is 1.39 bits per heavy atom. The molecule has 1 rings (SSSR count). The number of rotatable bonds is 6. The molecule has 7 heteroatoms. The van der Waals surface area contributed by atoms with Crippen molar-refractivity contribution >= 4 is 20.0 Å². The van der Waals surface area contributed by atoms with Gasteiger partial charge in [0.25, 0.3) is 5.69 Å². The number of carboxylic acids is 1. The van der Waals surface area contributed by atoms with E-state index in [0.717, 1.165) is 6.07 Å². The first-order valence-electron chi connectivity index (χ1n) is 7.52. The number of nitro groups is 1. The monoisotopic (exact) mass is 339 g/mol. The lowest BCUT2D eigenvalue weighted by molar-refractivity contribution is -0.385. The lowest BCUT2D eigenvalue weighted by atomic mass is 9.98. The van der Waals surface area contributed by atoms with Crippen molar-refractivity contribution in [3.8, 4) is 0 Å². The van der Waals surface area contributed by atoms with Crippen molar-refractivity contribution < 1.29 is 19.3 Å². The van der Waals surface area contributed by atoms with Crippen molar-refractivity contribution in [2.45, 2.75) is 51.7 Å². The molecule has 0 heterocycles. The van der Waals surface area contributed by atoms with Crippen LogP contribution in [0.25, 0.3) is 0 Å². The number of benzene rings is 1. The molecule has 0 radical (unpaired) electrons. The van der Waals surface area contributed by atoms with Gasteiger partial charge < -0.3 is 9.53 Å². The van der Waals surface area contributed by atoms with Crippen LogP contribution in [0.4, 0.5) is 5.69 Å². The Labute approximate surface area is 137 Å². The van der Waals surface area contributed by atoms with Gasteiger partial charge in [0.05, 0.1) is 10.5 Å². The van der Waals surface area contributed by atoms with E-state index in [2.05, 4.69) is 33.9 Å². The molecule has 0 spiro atoms. The summed E-state index contributed by atoms with van der Waals surface area (Å²) in [5.74, 6) is -1.36. The number of nitrogens with zero attached hydrogens (tertiary/aromatic N) is 1. The second-order valence-corrected chi connectivity index (χ2v) is 12.1. The van der Waals surface area contributed by atoms with Gasteiger partial charge in [0.15, 0.2) is 8.32 Å². The third-order valence-electron chi connectivity index (χ3n) is 4.51. The first kappa shape index (κ1) is 19.3. The molecule has 1 aromatic rings. The minimum atomic E-state index is -1.94. The second kappa shape index (κ2) is 6.80. The Bertz CT molecular complexity index is 607. The summed E-state index contributed by atoms with van der Waals surface area (Å²) in [5, 5.41) is 20.3. The van der Waals surface area contributed by atoms with E-state index in [1.54, 1.807) is 0 Å². The van der Waals surface area contributed by atoms with E-state index in [4.69, 9.17) is 9.53 Å². The molecule has 0 fully saturated rings. The highest BCUT2D eigenvalue weighted by atomic mass is 28.4. The standard InChI is InChI=1S/C16H25NO5Si/c1-11(10-22-23(5,6)16(2,3)4)13-8-7-12(15(18)19)9-14(13)17(20)21/h7-9,11H,10H2,1-6H3,(H,18,19). The Morgan fingerprint density at radius 3 is 2.39 bits per heavy atom. The molecule has 1 N–H and O–H groups in total. The summed E-state index contributed by atoms with van der Waals surface area (Å²) in [6.45, 7) is 12.9. The molecule has 0 saturated carbocycles. The lowest BCUT2D eigenvalue weighted by Crippen LogP contribution is -2.41. The maximum absolute atomic E-state index is 11.2. The van der Waals surface area contributed by atoms with Gasteiger partial charge in [0, 0.05) is 24.2 Å². The predicted octanol–water partition coefficient (Wildman–Crippen LogP) is 4.42. The van der Waals surface area contributed by atoms with Gasteiger partial charge in [-0.3, -0.25) is 10.1 Å². The van der Waals surface area contributed by atoms with Gasteiger partial charge in [-0.15, -0.1) is 0 Å². The van der Waals surface area contributed by atoms with Gasteiger partial charge in [-0.2, -0.15) is 0 Å². The van der Waals surface area contributed by atoms with Crippen molar-refractivity contribution in [2.75, 3.05) is 6.61 Å². The molecule has 1 aromatic carbocycles. The molecule has 0 amide bonds. The third kappa shape index (κ3) is 4.62. The molecule has 0 aromatic heterocycles. The van der Waals surface area contributed by atoms with Crippen molar-refractivity contribution in [1.82, 2.24) is 0 Å².